The predicted molar refractivity (Wildman–Crippen MR) is 84.7 cm³/mol. The lowest BCUT2D eigenvalue weighted by Gasteiger charge is -2.27. The smallest absolute Gasteiger partial charge is 0.176 e. The molecule has 0 saturated heterocycles. The molecule has 0 bridgehead atoms. The summed E-state index contributed by atoms with van der Waals surface area (Å²) in [4.78, 5) is 2.41. The third kappa shape index (κ3) is 4.88. The van der Waals surface area contributed by atoms with Crippen molar-refractivity contribution in [2.24, 2.45) is 0 Å². The van der Waals surface area contributed by atoms with Crippen LogP contribution < -0.4 is 4.74 Å². The first-order valence-electron chi connectivity index (χ1n) is 7.29. The molecule has 0 atom stereocenters. The lowest BCUT2D eigenvalue weighted by atomic mass is 10.1. The van der Waals surface area contributed by atoms with Crippen molar-refractivity contribution in [2.45, 2.75) is 52.6 Å². The lowest BCUT2D eigenvalue weighted by molar-refractivity contribution is 0.208. The third-order valence-corrected chi connectivity index (χ3v) is 3.76. The van der Waals surface area contributed by atoms with Gasteiger partial charge in [-0.2, -0.15) is 0 Å². The summed E-state index contributed by atoms with van der Waals surface area (Å²) >= 11 is 6.04. The zero-order valence-corrected chi connectivity index (χ0v) is 13.7. The number of rotatable bonds is 8. The Labute approximate surface area is 127 Å². The standard InChI is InChI=1S/C16H26ClNO2/c1-5-6-7-8-18(12(2)3)11-13-9-14(17)16(19)15(10-13)20-4/h9-10,12,19H,5-8,11H2,1-4H3. The molecule has 0 heterocycles. The Morgan fingerprint density at radius 1 is 1.30 bits per heavy atom. The summed E-state index contributed by atoms with van der Waals surface area (Å²) in [6, 6.07) is 4.15. The van der Waals surface area contributed by atoms with Gasteiger partial charge in [0, 0.05) is 12.6 Å². The molecular formula is C16H26ClNO2. The molecule has 0 amide bonds. The van der Waals surface area contributed by atoms with Crippen molar-refractivity contribution in [3.8, 4) is 11.5 Å². The van der Waals surface area contributed by atoms with Gasteiger partial charge in [-0.15, -0.1) is 0 Å². The largest absolute Gasteiger partial charge is 0.503 e. The average molecular weight is 300 g/mol. The highest BCUT2D eigenvalue weighted by Gasteiger charge is 2.13. The monoisotopic (exact) mass is 299 g/mol. The molecule has 3 nitrogen and oxygen atoms in total. The lowest BCUT2D eigenvalue weighted by Crippen LogP contribution is -2.31. The SMILES string of the molecule is CCCCCN(Cc1cc(Cl)c(O)c(OC)c1)C(C)C. The minimum Gasteiger partial charge on any atom is -0.503 e. The van der Waals surface area contributed by atoms with E-state index >= 15 is 0 Å². The molecule has 0 saturated carbocycles. The molecule has 0 aromatic heterocycles. The summed E-state index contributed by atoms with van der Waals surface area (Å²) < 4.78 is 5.15. The first kappa shape index (κ1) is 17.1. The number of benzene rings is 1. The quantitative estimate of drug-likeness (QED) is 0.720. The summed E-state index contributed by atoms with van der Waals surface area (Å²) in [5, 5.41) is 10.1. The van der Waals surface area contributed by atoms with Gasteiger partial charge < -0.3 is 9.84 Å². The Bertz CT molecular complexity index is 421. The fraction of sp³-hybridized carbons (Fsp3) is 0.625. The molecule has 1 aromatic rings. The van der Waals surface area contributed by atoms with Crippen LogP contribution in [0.25, 0.3) is 0 Å². The molecule has 0 unspecified atom stereocenters. The number of aromatic hydroxyl groups is 1. The van der Waals surface area contributed by atoms with Crippen molar-refractivity contribution in [1.29, 1.82) is 0 Å². The Kier molecular flexibility index (Phi) is 7.17. The van der Waals surface area contributed by atoms with Gasteiger partial charge in [0.2, 0.25) is 0 Å². The van der Waals surface area contributed by atoms with Crippen LogP contribution in [0.3, 0.4) is 0 Å². The number of nitrogens with zero attached hydrogens (tertiary/aromatic N) is 1. The van der Waals surface area contributed by atoms with Gasteiger partial charge in [-0.05, 0) is 44.5 Å². The Balaban J connectivity index is 2.80. The molecule has 114 valence electrons. The number of hydrogen-bond donors (Lipinski definition) is 1. The maximum atomic E-state index is 9.77. The second-order valence-corrected chi connectivity index (χ2v) is 5.81. The minimum absolute atomic E-state index is 0.0139. The summed E-state index contributed by atoms with van der Waals surface area (Å²) in [6.45, 7) is 8.50. The van der Waals surface area contributed by atoms with Gasteiger partial charge in [-0.1, -0.05) is 31.4 Å². The Morgan fingerprint density at radius 2 is 2.00 bits per heavy atom. The molecule has 1 N–H and O–H groups in total. The maximum absolute atomic E-state index is 9.77. The van der Waals surface area contributed by atoms with Gasteiger partial charge >= 0.3 is 0 Å². The van der Waals surface area contributed by atoms with E-state index in [1.54, 1.807) is 0 Å². The van der Waals surface area contributed by atoms with Crippen molar-refractivity contribution in [1.82, 2.24) is 4.90 Å². The van der Waals surface area contributed by atoms with E-state index in [9.17, 15) is 5.11 Å². The molecule has 0 aliphatic heterocycles. The molecule has 0 aliphatic rings. The average Bonchev–Trinajstić information content (AvgIpc) is 2.41. The van der Waals surface area contributed by atoms with E-state index in [-0.39, 0.29) is 5.75 Å². The number of halogens is 1. The van der Waals surface area contributed by atoms with E-state index < -0.39 is 0 Å². The fourth-order valence-electron chi connectivity index (χ4n) is 2.19. The fourth-order valence-corrected chi connectivity index (χ4v) is 2.43. The van der Waals surface area contributed by atoms with Crippen molar-refractivity contribution >= 4 is 11.6 Å². The van der Waals surface area contributed by atoms with Crippen molar-refractivity contribution < 1.29 is 9.84 Å². The number of unbranched alkanes of at least 4 members (excludes halogenated alkanes) is 2. The van der Waals surface area contributed by atoms with Crippen LogP contribution in [0.4, 0.5) is 0 Å². The molecule has 1 rings (SSSR count). The highest BCUT2D eigenvalue weighted by molar-refractivity contribution is 6.32. The maximum Gasteiger partial charge on any atom is 0.176 e. The topological polar surface area (TPSA) is 32.7 Å². The van der Waals surface area contributed by atoms with E-state index in [0.717, 1.165) is 18.7 Å². The molecule has 0 radical (unpaired) electrons. The summed E-state index contributed by atoms with van der Waals surface area (Å²) in [7, 11) is 1.54. The molecule has 0 fully saturated rings. The van der Waals surface area contributed by atoms with Gasteiger partial charge in [0.1, 0.15) is 0 Å². The predicted octanol–water partition coefficient (Wildman–Crippen LogP) is 4.45. The zero-order valence-electron chi connectivity index (χ0n) is 12.9. The Morgan fingerprint density at radius 3 is 2.55 bits per heavy atom. The van der Waals surface area contributed by atoms with Gasteiger partial charge in [0.15, 0.2) is 11.5 Å². The van der Waals surface area contributed by atoms with Crippen LogP contribution in [0.1, 0.15) is 45.6 Å². The summed E-state index contributed by atoms with van der Waals surface area (Å²) in [5.41, 5.74) is 1.06. The number of phenols is 1. The van der Waals surface area contributed by atoms with Crippen LogP contribution >= 0.6 is 11.6 Å². The van der Waals surface area contributed by atoms with Crippen LogP contribution in [0.15, 0.2) is 12.1 Å². The van der Waals surface area contributed by atoms with Crippen molar-refractivity contribution in [2.75, 3.05) is 13.7 Å². The number of methoxy groups -OCH3 is 1. The minimum atomic E-state index is 0.0139. The first-order chi connectivity index (χ1) is 9.49. The van der Waals surface area contributed by atoms with Gasteiger partial charge in [0.05, 0.1) is 12.1 Å². The van der Waals surface area contributed by atoms with Gasteiger partial charge in [-0.25, -0.2) is 0 Å². The van der Waals surface area contributed by atoms with E-state index in [2.05, 4.69) is 25.7 Å². The van der Waals surface area contributed by atoms with Crippen LogP contribution in [0.5, 0.6) is 11.5 Å². The zero-order chi connectivity index (χ0) is 15.1. The van der Waals surface area contributed by atoms with Gasteiger partial charge in [0.25, 0.3) is 0 Å². The van der Waals surface area contributed by atoms with Crippen LogP contribution in [-0.4, -0.2) is 29.7 Å². The van der Waals surface area contributed by atoms with E-state index in [0.29, 0.717) is 16.8 Å². The third-order valence-electron chi connectivity index (χ3n) is 3.47. The number of ether oxygens (including phenoxy) is 1. The normalized spacial score (nSPS) is 11.3. The van der Waals surface area contributed by atoms with Crippen LogP contribution in [0, 0.1) is 0 Å². The highest BCUT2D eigenvalue weighted by Crippen LogP contribution is 2.35. The molecule has 4 heteroatoms. The van der Waals surface area contributed by atoms with Crippen molar-refractivity contribution in [3.05, 3.63) is 22.7 Å². The van der Waals surface area contributed by atoms with Crippen LogP contribution in [-0.2, 0) is 6.54 Å². The molecule has 0 spiro atoms. The second kappa shape index (κ2) is 8.38. The summed E-state index contributed by atoms with van der Waals surface area (Å²) in [5.74, 6) is 0.449. The summed E-state index contributed by atoms with van der Waals surface area (Å²) in [6.07, 6.45) is 3.69. The number of hydrogen-bond acceptors (Lipinski definition) is 3. The van der Waals surface area contributed by atoms with Crippen LogP contribution in [0.2, 0.25) is 5.02 Å². The molecule has 20 heavy (non-hydrogen) atoms. The highest BCUT2D eigenvalue weighted by atomic mass is 35.5. The molecule has 1 aromatic carbocycles. The van der Waals surface area contributed by atoms with Crippen molar-refractivity contribution in [3.63, 3.8) is 0 Å². The first-order valence-corrected chi connectivity index (χ1v) is 7.66. The van der Waals surface area contributed by atoms with Gasteiger partial charge in [-0.3, -0.25) is 4.90 Å². The van der Waals surface area contributed by atoms with E-state index in [4.69, 9.17) is 16.3 Å². The van der Waals surface area contributed by atoms with E-state index in [1.165, 1.54) is 26.4 Å². The molecular weight excluding hydrogens is 274 g/mol. The second-order valence-electron chi connectivity index (χ2n) is 5.40. The molecule has 0 aliphatic carbocycles. The van der Waals surface area contributed by atoms with E-state index in [1.807, 2.05) is 12.1 Å². The Hall–Kier alpha value is -0.930. The number of phenolic OH excluding ortho intramolecular Hbond substituents is 1.